The fourth-order valence-electron chi connectivity index (χ4n) is 4.29. The molecule has 0 saturated heterocycles. The van der Waals surface area contributed by atoms with Crippen molar-refractivity contribution < 1.29 is 0 Å². The van der Waals surface area contributed by atoms with E-state index in [9.17, 15) is 9.59 Å². The van der Waals surface area contributed by atoms with Gasteiger partial charge in [0.05, 0.1) is 0 Å². The van der Waals surface area contributed by atoms with Crippen molar-refractivity contribution in [3.05, 3.63) is 55.4 Å². The van der Waals surface area contributed by atoms with Crippen LogP contribution in [0.5, 0.6) is 0 Å². The van der Waals surface area contributed by atoms with Crippen LogP contribution in [-0.4, -0.2) is 0 Å². The lowest BCUT2D eigenvalue weighted by atomic mass is 9.67. The van der Waals surface area contributed by atoms with E-state index in [-0.39, 0.29) is 10.9 Å². The minimum absolute atomic E-state index is 0.225. The predicted molar refractivity (Wildman–Crippen MR) is 90.8 cm³/mol. The Kier molecular flexibility index (Phi) is 4.20. The zero-order valence-electron chi connectivity index (χ0n) is 13.9. The van der Waals surface area contributed by atoms with Gasteiger partial charge in [0.1, 0.15) is 0 Å². The molecule has 1 fully saturated rings. The third-order valence-electron chi connectivity index (χ3n) is 5.50. The van der Waals surface area contributed by atoms with Crippen molar-refractivity contribution in [2.45, 2.75) is 52.9 Å². The quantitative estimate of drug-likeness (QED) is 0.794. The lowest BCUT2D eigenvalue weighted by Gasteiger charge is -2.38. The van der Waals surface area contributed by atoms with E-state index < -0.39 is 0 Å². The molecule has 2 heteroatoms. The van der Waals surface area contributed by atoms with E-state index in [1.165, 1.54) is 24.8 Å². The highest BCUT2D eigenvalue weighted by Crippen LogP contribution is 2.41. The summed E-state index contributed by atoms with van der Waals surface area (Å²) in [5, 5.41) is 0. The molecule has 22 heavy (non-hydrogen) atoms. The van der Waals surface area contributed by atoms with Gasteiger partial charge in [-0.15, -0.1) is 0 Å². The average molecular weight is 298 g/mol. The van der Waals surface area contributed by atoms with E-state index >= 15 is 0 Å². The van der Waals surface area contributed by atoms with Gasteiger partial charge in [-0.1, -0.05) is 44.1 Å². The van der Waals surface area contributed by atoms with Gasteiger partial charge >= 0.3 is 0 Å². The van der Waals surface area contributed by atoms with E-state index in [2.05, 4.69) is 32.1 Å². The van der Waals surface area contributed by atoms with Gasteiger partial charge in [0, 0.05) is 11.1 Å². The standard InChI is InChI=1S/C20H26O2/c1-12(2)9-14-7-8-15-5-4-6-16(18(15)10-14)11-17-13(3)19(21)20(17)22/h7-8,10,12,15-16,18H,4-6,9,11H2,1-3H3. The third-order valence-corrected chi connectivity index (χ3v) is 5.50. The molecule has 0 bridgehead atoms. The summed E-state index contributed by atoms with van der Waals surface area (Å²) in [6.45, 7) is 6.32. The Morgan fingerprint density at radius 2 is 1.95 bits per heavy atom. The van der Waals surface area contributed by atoms with Gasteiger partial charge in [0.25, 0.3) is 0 Å². The van der Waals surface area contributed by atoms with Crippen molar-refractivity contribution in [1.29, 1.82) is 0 Å². The molecule has 1 aromatic rings. The van der Waals surface area contributed by atoms with Crippen LogP contribution < -0.4 is 10.9 Å². The van der Waals surface area contributed by atoms with Gasteiger partial charge in [0.15, 0.2) is 0 Å². The fourth-order valence-corrected chi connectivity index (χ4v) is 4.29. The molecule has 1 aromatic carbocycles. The average Bonchev–Trinajstić information content (AvgIpc) is 2.51. The van der Waals surface area contributed by atoms with Crippen molar-refractivity contribution >= 4 is 0 Å². The van der Waals surface area contributed by atoms with Crippen LogP contribution in [0.15, 0.2) is 33.4 Å². The van der Waals surface area contributed by atoms with Gasteiger partial charge in [0.2, 0.25) is 10.9 Å². The first-order valence-corrected chi connectivity index (χ1v) is 8.65. The largest absolute Gasteiger partial charge is 0.285 e. The Bertz CT molecular complexity index is 683. The summed E-state index contributed by atoms with van der Waals surface area (Å²) in [5.41, 5.74) is 2.48. The molecule has 3 unspecified atom stereocenters. The molecule has 2 aliphatic rings. The first kappa shape index (κ1) is 15.5. The first-order valence-electron chi connectivity index (χ1n) is 8.65. The summed E-state index contributed by atoms with van der Waals surface area (Å²) in [5.74, 6) is 2.37. The van der Waals surface area contributed by atoms with E-state index in [4.69, 9.17) is 0 Å². The number of hydrogen-bond donors (Lipinski definition) is 0. The highest BCUT2D eigenvalue weighted by molar-refractivity contribution is 5.33. The van der Waals surface area contributed by atoms with Crippen LogP contribution in [0.3, 0.4) is 0 Å². The van der Waals surface area contributed by atoms with Crippen molar-refractivity contribution in [2.75, 3.05) is 0 Å². The topological polar surface area (TPSA) is 34.1 Å². The Morgan fingerprint density at radius 3 is 2.64 bits per heavy atom. The molecule has 0 N–H and O–H groups in total. The first-order chi connectivity index (χ1) is 10.5. The van der Waals surface area contributed by atoms with E-state index in [1.54, 1.807) is 6.92 Å². The second-order valence-corrected chi connectivity index (χ2v) is 7.60. The van der Waals surface area contributed by atoms with Gasteiger partial charge in [-0.25, -0.2) is 0 Å². The molecular weight excluding hydrogens is 272 g/mol. The zero-order valence-corrected chi connectivity index (χ0v) is 13.9. The maximum absolute atomic E-state index is 11.8. The molecule has 0 spiro atoms. The van der Waals surface area contributed by atoms with Crippen molar-refractivity contribution in [3.8, 4) is 0 Å². The third kappa shape index (κ3) is 2.76. The minimum Gasteiger partial charge on any atom is -0.285 e. The lowest BCUT2D eigenvalue weighted by Crippen LogP contribution is -2.40. The number of allylic oxidation sites excluding steroid dienone is 4. The van der Waals surface area contributed by atoms with Crippen LogP contribution in [-0.2, 0) is 6.42 Å². The lowest BCUT2D eigenvalue weighted by molar-refractivity contribution is 0.223. The van der Waals surface area contributed by atoms with E-state index in [1.807, 2.05) is 0 Å². The molecule has 0 heterocycles. The summed E-state index contributed by atoms with van der Waals surface area (Å²) >= 11 is 0. The monoisotopic (exact) mass is 298 g/mol. The second kappa shape index (κ2) is 5.98. The molecule has 1 saturated carbocycles. The van der Waals surface area contributed by atoms with Crippen molar-refractivity contribution in [1.82, 2.24) is 0 Å². The Morgan fingerprint density at radius 1 is 1.18 bits per heavy atom. The molecule has 0 aliphatic heterocycles. The molecule has 0 aromatic heterocycles. The smallest absolute Gasteiger partial charge is 0.229 e. The summed E-state index contributed by atoms with van der Waals surface area (Å²) in [7, 11) is 0. The number of rotatable bonds is 4. The Hall–Kier alpha value is -1.44. The highest BCUT2D eigenvalue weighted by Gasteiger charge is 2.34. The number of hydrogen-bond acceptors (Lipinski definition) is 2. The number of fused-ring (bicyclic) bond motifs is 1. The fraction of sp³-hybridized carbons (Fsp3) is 0.600. The molecule has 3 rings (SSSR count). The Labute approximate surface area is 132 Å². The molecular formula is C20H26O2. The maximum Gasteiger partial charge on any atom is 0.229 e. The summed E-state index contributed by atoms with van der Waals surface area (Å²) < 4.78 is 0. The van der Waals surface area contributed by atoms with E-state index in [0.717, 1.165) is 18.4 Å². The summed E-state index contributed by atoms with van der Waals surface area (Å²) in [6.07, 6.45) is 12.8. The van der Waals surface area contributed by atoms with Crippen LogP contribution in [0, 0.1) is 30.6 Å². The van der Waals surface area contributed by atoms with Gasteiger partial charge in [-0.05, 0) is 56.3 Å². The SMILES string of the molecule is Cc1c(CC2CCCC3C=CC(CC(C)C)=CC32)c(=O)c1=O. The summed E-state index contributed by atoms with van der Waals surface area (Å²) in [6, 6.07) is 0. The van der Waals surface area contributed by atoms with Crippen LogP contribution in [0.2, 0.25) is 0 Å². The minimum atomic E-state index is -0.262. The van der Waals surface area contributed by atoms with Crippen LogP contribution in [0.4, 0.5) is 0 Å². The van der Waals surface area contributed by atoms with Gasteiger partial charge < -0.3 is 0 Å². The van der Waals surface area contributed by atoms with Crippen LogP contribution in [0.1, 0.15) is 50.7 Å². The summed E-state index contributed by atoms with van der Waals surface area (Å²) in [4.78, 5) is 23.2. The highest BCUT2D eigenvalue weighted by atomic mass is 16.2. The van der Waals surface area contributed by atoms with Gasteiger partial charge in [-0.2, -0.15) is 0 Å². The van der Waals surface area contributed by atoms with Crippen molar-refractivity contribution in [3.63, 3.8) is 0 Å². The maximum atomic E-state index is 11.8. The Balaban J connectivity index is 1.79. The second-order valence-electron chi connectivity index (χ2n) is 7.60. The molecule has 2 aliphatic carbocycles. The molecule has 2 nitrogen and oxygen atoms in total. The zero-order chi connectivity index (χ0) is 15.9. The molecule has 0 amide bonds. The van der Waals surface area contributed by atoms with E-state index in [0.29, 0.717) is 29.2 Å². The molecule has 118 valence electrons. The van der Waals surface area contributed by atoms with Crippen molar-refractivity contribution in [2.24, 2.45) is 23.7 Å². The normalized spacial score (nSPS) is 28.0. The molecule has 0 radical (unpaired) electrons. The van der Waals surface area contributed by atoms with Crippen LogP contribution in [0.25, 0.3) is 0 Å². The molecule has 3 atom stereocenters. The van der Waals surface area contributed by atoms with Gasteiger partial charge in [-0.3, -0.25) is 9.59 Å². The predicted octanol–water partition coefficient (Wildman–Crippen LogP) is 3.71. The van der Waals surface area contributed by atoms with Crippen LogP contribution >= 0.6 is 0 Å².